The summed E-state index contributed by atoms with van der Waals surface area (Å²) in [4.78, 5) is 26.0. The predicted molar refractivity (Wildman–Crippen MR) is 128 cm³/mol. The molecule has 0 atom stereocenters. The average molecular weight is 457 g/mol. The Hall–Kier alpha value is -4.36. The number of carbonyl (C=O) groups excluding carboxylic acids is 1. The molecule has 10 nitrogen and oxygen atoms in total. The maximum Gasteiger partial charge on any atom is 0.260 e. The predicted octanol–water partition coefficient (Wildman–Crippen LogP) is 3.38. The van der Waals surface area contributed by atoms with Gasteiger partial charge < -0.3 is 15.7 Å². The number of nitrogens with one attached hydrogen (secondary N) is 2. The molecule has 0 aromatic carbocycles. The highest BCUT2D eigenvalue weighted by Crippen LogP contribution is 2.24. The normalized spacial score (nSPS) is 11.4. The first-order valence-corrected chi connectivity index (χ1v) is 10.7. The highest BCUT2D eigenvalue weighted by molar-refractivity contribution is 6.07. The van der Waals surface area contributed by atoms with Crippen LogP contribution in [0.25, 0.3) is 16.9 Å². The third-order valence-electron chi connectivity index (χ3n) is 5.04. The first-order valence-electron chi connectivity index (χ1n) is 10.7. The monoisotopic (exact) mass is 456 g/mol. The van der Waals surface area contributed by atoms with Crippen molar-refractivity contribution in [1.82, 2.24) is 24.7 Å². The number of hydrogen-bond donors (Lipinski definition) is 3. The van der Waals surface area contributed by atoms with E-state index >= 15 is 0 Å². The number of pyridine rings is 3. The number of nitriles is 1. The zero-order chi connectivity index (χ0) is 24.5. The van der Waals surface area contributed by atoms with Crippen LogP contribution >= 0.6 is 0 Å². The van der Waals surface area contributed by atoms with Crippen molar-refractivity contribution in [2.24, 2.45) is 0 Å². The third kappa shape index (κ3) is 4.69. The van der Waals surface area contributed by atoms with E-state index in [2.05, 4.69) is 36.8 Å². The van der Waals surface area contributed by atoms with E-state index in [9.17, 15) is 9.90 Å². The molecule has 4 rings (SSSR count). The molecule has 34 heavy (non-hydrogen) atoms. The van der Waals surface area contributed by atoms with Crippen LogP contribution in [0, 0.1) is 11.3 Å². The van der Waals surface area contributed by atoms with Crippen molar-refractivity contribution in [3.8, 4) is 11.9 Å². The van der Waals surface area contributed by atoms with Gasteiger partial charge in [-0.3, -0.25) is 4.79 Å². The Morgan fingerprint density at radius 3 is 2.56 bits per heavy atom. The van der Waals surface area contributed by atoms with Crippen LogP contribution in [0.2, 0.25) is 0 Å². The lowest BCUT2D eigenvalue weighted by atomic mass is 10.0. The number of fused-ring (bicyclic) bond motifs is 1. The molecule has 4 aromatic rings. The first-order chi connectivity index (χ1) is 16.2. The Balaban J connectivity index is 1.66. The summed E-state index contributed by atoms with van der Waals surface area (Å²) in [6.45, 7) is 7.26. The Bertz CT molecular complexity index is 1400. The van der Waals surface area contributed by atoms with E-state index in [0.29, 0.717) is 45.0 Å². The van der Waals surface area contributed by atoms with Gasteiger partial charge in [0, 0.05) is 41.6 Å². The van der Waals surface area contributed by atoms with E-state index in [1.165, 1.54) is 18.6 Å². The molecule has 0 fully saturated rings. The van der Waals surface area contributed by atoms with Gasteiger partial charge in [-0.2, -0.15) is 15.0 Å². The molecule has 0 spiro atoms. The van der Waals surface area contributed by atoms with Gasteiger partial charge in [-0.1, -0.05) is 6.07 Å². The summed E-state index contributed by atoms with van der Waals surface area (Å²) in [5.74, 6) is 0.445. The van der Waals surface area contributed by atoms with Gasteiger partial charge in [0.1, 0.15) is 11.9 Å². The lowest BCUT2D eigenvalue weighted by molar-refractivity contribution is 0.0782. The number of anilines is 2. The van der Waals surface area contributed by atoms with E-state index in [4.69, 9.17) is 5.26 Å². The fraction of sp³-hybridized carbons (Fsp3) is 0.250. The van der Waals surface area contributed by atoms with Crippen LogP contribution in [-0.4, -0.2) is 41.8 Å². The average Bonchev–Trinajstić information content (AvgIpc) is 3.21. The molecule has 1 amide bonds. The zero-order valence-electron chi connectivity index (χ0n) is 19.2. The lowest BCUT2D eigenvalue weighted by Crippen LogP contribution is -2.20. The van der Waals surface area contributed by atoms with E-state index < -0.39 is 5.60 Å². The molecule has 3 N–H and O–H groups in total. The van der Waals surface area contributed by atoms with Crippen molar-refractivity contribution in [3.05, 3.63) is 65.7 Å². The maximum absolute atomic E-state index is 13.0. The van der Waals surface area contributed by atoms with Gasteiger partial charge in [0.15, 0.2) is 11.5 Å². The minimum atomic E-state index is -1.02. The molecule has 172 valence electrons. The molecule has 0 radical (unpaired) electrons. The van der Waals surface area contributed by atoms with Gasteiger partial charge in [-0.05, 0) is 39.8 Å². The van der Waals surface area contributed by atoms with Crippen LogP contribution in [0.4, 0.5) is 11.5 Å². The number of aromatic nitrogens is 5. The second-order valence-electron chi connectivity index (χ2n) is 8.64. The van der Waals surface area contributed by atoms with Gasteiger partial charge in [0.2, 0.25) is 0 Å². The quantitative estimate of drug-likeness (QED) is 0.401. The molecule has 10 heteroatoms. The Morgan fingerprint density at radius 2 is 1.91 bits per heavy atom. The Morgan fingerprint density at radius 1 is 1.12 bits per heavy atom. The number of nitrogens with zero attached hydrogens (tertiary/aromatic N) is 6. The SMILES string of the molecule is CC(C)Nc1cc(-n2ncc3cc(C#N)cnc32)ncc1C(=O)Nc1ccc(C(C)(C)O)cn1. The van der Waals surface area contributed by atoms with E-state index in [1.54, 1.807) is 49.0 Å². The number of carbonyl (C=O) groups is 1. The fourth-order valence-electron chi connectivity index (χ4n) is 3.33. The summed E-state index contributed by atoms with van der Waals surface area (Å²) in [6.07, 6.45) is 6.09. The highest BCUT2D eigenvalue weighted by Gasteiger charge is 2.19. The van der Waals surface area contributed by atoms with Crippen LogP contribution in [-0.2, 0) is 5.60 Å². The molecule has 0 saturated carbocycles. The van der Waals surface area contributed by atoms with Crippen molar-refractivity contribution < 1.29 is 9.90 Å². The van der Waals surface area contributed by atoms with Crippen molar-refractivity contribution >= 4 is 28.4 Å². The summed E-state index contributed by atoms with van der Waals surface area (Å²) in [6, 6.07) is 8.90. The standard InChI is InChI=1S/C24H24N8O2/c1-14(2)30-19-8-21(32-22-16(11-29-32)7-15(9-25)10-28-22)27-13-18(19)23(33)31-20-6-5-17(12-26-20)24(3,4)34/h5-8,10-14,34H,1-4H3,(H,27,30)(H,26,31,33). The maximum atomic E-state index is 13.0. The van der Waals surface area contributed by atoms with E-state index in [-0.39, 0.29) is 11.9 Å². The fourth-order valence-corrected chi connectivity index (χ4v) is 3.33. The molecule has 0 unspecified atom stereocenters. The van der Waals surface area contributed by atoms with Crippen LogP contribution in [0.1, 0.15) is 49.2 Å². The van der Waals surface area contributed by atoms with Crippen molar-refractivity contribution in [3.63, 3.8) is 0 Å². The minimum Gasteiger partial charge on any atom is -0.386 e. The molecule has 0 aliphatic rings. The van der Waals surface area contributed by atoms with Crippen LogP contribution in [0.15, 0.2) is 49.1 Å². The number of amides is 1. The third-order valence-corrected chi connectivity index (χ3v) is 5.04. The molecule has 0 bridgehead atoms. The van der Waals surface area contributed by atoms with Crippen molar-refractivity contribution in [2.45, 2.75) is 39.3 Å². The van der Waals surface area contributed by atoms with Gasteiger partial charge in [-0.15, -0.1) is 0 Å². The molecule has 0 aliphatic heterocycles. The van der Waals surface area contributed by atoms with E-state index in [0.717, 1.165) is 0 Å². The van der Waals surface area contributed by atoms with Crippen LogP contribution in [0.5, 0.6) is 0 Å². The zero-order valence-corrected chi connectivity index (χ0v) is 19.2. The van der Waals surface area contributed by atoms with Crippen LogP contribution in [0.3, 0.4) is 0 Å². The van der Waals surface area contributed by atoms with Gasteiger partial charge in [0.05, 0.1) is 28.6 Å². The Labute approximate surface area is 196 Å². The number of rotatable bonds is 6. The summed E-state index contributed by atoms with van der Waals surface area (Å²) in [5, 5.41) is 30.3. The number of aliphatic hydroxyl groups is 1. The van der Waals surface area contributed by atoms with Crippen molar-refractivity contribution in [1.29, 1.82) is 5.26 Å². The minimum absolute atomic E-state index is 0.0525. The smallest absolute Gasteiger partial charge is 0.260 e. The summed E-state index contributed by atoms with van der Waals surface area (Å²) < 4.78 is 1.56. The van der Waals surface area contributed by atoms with E-state index in [1.807, 2.05) is 13.8 Å². The first kappa shape index (κ1) is 22.8. The molecular weight excluding hydrogens is 432 g/mol. The van der Waals surface area contributed by atoms with Gasteiger partial charge in [-0.25, -0.2) is 15.0 Å². The van der Waals surface area contributed by atoms with Crippen LogP contribution < -0.4 is 10.6 Å². The lowest BCUT2D eigenvalue weighted by Gasteiger charge is -2.18. The second-order valence-corrected chi connectivity index (χ2v) is 8.64. The molecule has 0 saturated heterocycles. The second kappa shape index (κ2) is 8.88. The summed E-state index contributed by atoms with van der Waals surface area (Å²) >= 11 is 0. The van der Waals surface area contributed by atoms with Gasteiger partial charge in [0.25, 0.3) is 5.91 Å². The Kier molecular flexibility index (Phi) is 5.96. The highest BCUT2D eigenvalue weighted by atomic mass is 16.3. The summed E-state index contributed by atoms with van der Waals surface area (Å²) in [5.41, 5.74) is 1.52. The largest absolute Gasteiger partial charge is 0.386 e. The summed E-state index contributed by atoms with van der Waals surface area (Å²) in [7, 11) is 0. The topological polar surface area (TPSA) is 142 Å². The number of hydrogen-bond acceptors (Lipinski definition) is 8. The molecule has 4 aromatic heterocycles. The van der Waals surface area contributed by atoms with Gasteiger partial charge >= 0.3 is 0 Å². The molecule has 0 aliphatic carbocycles. The molecular formula is C24H24N8O2. The molecule has 4 heterocycles. The van der Waals surface area contributed by atoms with Crippen molar-refractivity contribution in [2.75, 3.05) is 10.6 Å².